The number of nitrogens with zero attached hydrogens (tertiary/aromatic N) is 1. The van der Waals surface area contributed by atoms with Crippen molar-refractivity contribution in [1.29, 1.82) is 0 Å². The van der Waals surface area contributed by atoms with Crippen molar-refractivity contribution < 1.29 is 0 Å². The van der Waals surface area contributed by atoms with Gasteiger partial charge in [0.2, 0.25) is 0 Å². The van der Waals surface area contributed by atoms with Crippen LogP contribution in [0.15, 0.2) is 0 Å². The normalized spacial score (nSPS) is 33.8. The standard InChI is InChI=1S/C10H22N2/c1-8-6-12(10(3,4)5)7-9(2)11-8/h8-9,11H,6-7H2,1-5H3/t8-,9+. The van der Waals surface area contributed by atoms with Crippen LogP contribution in [0.1, 0.15) is 34.6 Å². The van der Waals surface area contributed by atoms with Crippen LogP contribution >= 0.6 is 0 Å². The molecule has 0 radical (unpaired) electrons. The Bertz CT molecular complexity index is 138. The molecule has 1 fully saturated rings. The SMILES string of the molecule is C[C@@H]1CN(C(C)(C)C)C[C@H](C)N1. The molecule has 0 aromatic carbocycles. The molecule has 2 heteroatoms. The minimum absolute atomic E-state index is 0.324. The summed E-state index contributed by atoms with van der Waals surface area (Å²) in [7, 11) is 0. The smallest absolute Gasteiger partial charge is 0.0169 e. The maximum absolute atomic E-state index is 3.54. The summed E-state index contributed by atoms with van der Waals surface area (Å²) in [5, 5.41) is 3.54. The summed E-state index contributed by atoms with van der Waals surface area (Å²) >= 11 is 0. The lowest BCUT2D eigenvalue weighted by Gasteiger charge is -2.43. The Morgan fingerprint density at radius 3 is 1.83 bits per heavy atom. The minimum Gasteiger partial charge on any atom is -0.309 e. The Balaban J connectivity index is 2.55. The molecule has 0 amide bonds. The second-order valence-electron chi connectivity index (χ2n) is 5.04. The first-order valence-electron chi connectivity index (χ1n) is 4.90. The van der Waals surface area contributed by atoms with Gasteiger partial charge in [-0.25, -0.2) is 0 Å². The van der Waals surface area contributed by atoms with Crippen molar-refractivity contribution in [3.8, 4) is 0 Å². The van der Waals surface area contributed by atoms with Crippen LogP contribution in [0.25, 0.3) is 0 Å². The molecule has 0 unspecified atom stereocenters. The zero-order chi connectivity index (χ0) is 9.35. The molecular weight excluding hydrogens is 148 g/mol. The molecule has 2 nitrogen and oxygen atoms in total. The van der Waals surface area contributed by atoms with Crippen LogP contribution in [0.5, 0.6) is 0 Å². The molecule has 0 aromatic heterocycles. The third-order valence-corrected chi connectivity index (χ3v) is 2.51. The third kappa shape index (κ3) is 2.46. The quantitative estimate of drug-likeness (QED) is 0.592. The summed E-state index contributed by atoms with van der Waals surface area (Å²) in [6, 6.07) is 1.26. The summed E-state index contributed by atoms with van der Waals surface area (Å²) < 4.78 is 0. The van der Waals surface area contributed by atoms with E-state index in [9.17, 15) is 0 Å². The van der Waals surface area contributed by atoms with Crippen LogP contribution in [0.3, 0.4) is 0 Å². The molecule has 12 heavy (non-hydrogen) atoms. The Morgan fingerprint density at radius 2 is 1.50 bits per heavy atom. The molecule has 0 spiro atoms. The molecule has 0 aliphatic carbocycles. The Morgan fingerprint density at radius 1 is 1.08 bits per heavy atom. The van der Waals surface area contributed by atoms with Crippen LogP contribution in [-0.4, -0.2) is 35.6 Å². The lowest BCUT2D eigenvalue weighted by atomic mass is 10.0. The summed E-state index contributed by atoms with van der Waals surface area (Å²) in [5.74, 6) is 0. The van der Waals surface area contributed by atoms with Crippen LogP contribution in [0.2, 0.25) is 0 Å². The second-order valence-corrected chi connectivity index (χ2v) is 5.04. The average molecular weight is 170 g/mol. The van der Waals surface area contributed by atoms with Gasteiger partial charge in [-0.2, -0.15) is 0 Å². The van der Waals surface area contributed by atoms with Gasteiger partial charge >= 0.3 is 0 Å². The van der Waals surface area contributed by atoms with E-state index in [4.69, 9.17) is 0 Å². The average Bonchev–Trinajstić information content (AvgIpc) is 1.82. The van der Waals surface area contributed by atoms with E-state index in [-0.39, 0.29) is 0 Å². The number of hydrogen-bond donors (Lipinski definition) is 1. The summed E-state index contributed by atoms with van der Waals surface area (Å²) in [6.45, 7) is 13.7. The molecule has 1 heterocycles. The molecule has 1 rings (SSSR count). The lowest BCUT2D eigenvalue weighted by Crippen LogP contribution is -2.59. The van der Waals surface area contributed by atoms with Gasteiger partial charge in [0.05, 0.1) is 0 Å². The number of piperazine rings is 1. The highest BCUT2D eigenvalue weighted by molar-refractivity contribution is 4.87. The molecule has 1 aliphatic rings. The third-order valence-electron chi connectivity index (χ3n) is 2.51. The van der Waals surface area contributed by atoms with Gasteiger partial charge in [0.1, 0.15) is 0 Å². The first-order chi connectivity index (χ1) is 5.39. The molecule has 2 atom stereocenters. The largest absolute Gasteiger partial charge is 0.309 e. The van der Waals surface area contributed by atoms with E-state index in [2.05, 4.69) is 44.8 Å². The van der Waals surface area contributed by atoms with Gasteiger partial charge in [0.15, 0.2) is 0 Å². The predicted octanol–water partition coefficient (Wildman–Crippen LogP) is 1.47. The van der Waals surface area contributed by atoms with E-state index in [1.165, 1.54) is 13.1 Å². The molecule has 1 aliphatic heterocycles. The van der Waals surface area contributed by atoms with Crippen molar-refractivity contribution in [2.45, 2.75) is 52.2 Å². The summed E-state index contributed by atoms with van der Waals surface area (Å²) in [5.41, 5.74) is 0.324. The zero-order valence-corrected chi connectivity index (χ0v) is 9.02. The maximum atomic E-state index is 3.54. The first kappa shape index (κ1) is 10.0. The van der Waals surface area contributed by atoms with Crippen molar-refractivity contribution >= 4 is 0 Å². The number of rotatable bonds is 0. The van der Waals surface area contributed by atoms with Crippen molar-refractivity contribution in [3.05, 3.63) is 0 Å². The van der Waals surface area contributed by atoms with Crippen molar-refractivity contribution in [2.24, 2.45) is 0 Å². The Labute approximate surface area is 76.3 Å². The highest BCUT2D eigenvalue weighted by Crippen LogP contribution is 2.16. The second kappa shape index (κ2) is 3.35. The molecule has 0 saturated carbocycles. The monoisotopic (exact) mass is 170 g/mol. The van der Waals surface area contributed by atoms with Gasteiger partial charge in [0, 0.05) is 30.7 Å². The fraction of sp³-hybridized carbons (Fsp3) is 1.00. The van der Waals surface area contributed by atoms with Crippen LogP contribution in [0.4, 0.5) is 0 Å². The van der Waals surface area contributed by atoms with Crippen LogP contribution in [0, 0.1) is 0 Å². The Hall–Kier alpha value is -0.0800. The van der Waals surface area contributed by atoms with Gasteiger partial charge in [0.25, 0.3) is 0 Å². The van der Waals surface area contributed by atoms with Crippen molar-refractivity contribution in [1.82, 2.24) is 10.2 Å². The van der Waals surface area contributed by atoms with Gasteiger partial charge in [-0.15, -0.1) is 0 Å². The van der Waals surface area contributed by atoms with Gasteiger partial charge in [-0.3, -0.25) is 4.90 Å². The summed E-state index contributed by atoms with van der Waals surface area (Å²) in [6.07, 6.45) is 0. The molecule has 1 saturated heterocycles. The number of nitrogens with one attached hydrogen (secondary N) is 1. The molecule has 72 valence electrons. The van der Waals surface area contributed by atoms with Crippen molar-refractivity contribution in [2.75, 3.05) is 13.1 Å². The highest BCUT2D eigenvalue weighted by Gasteiger charge is 2.28. The first-order valence-corrected chi connectivity index (χ1v) is 4.90. The van der Waals surface area contributed by atoms with Crippen molar-refractivity contribution in [3.63, 3.8) is 0 Å². The molecule has 0 bridgehead atoms. The molecular formula is C10H22N2. The Kier molecular flexibility index (Phi) is 2.79. The van der Waals surface area contributed by atoms with E-state index in [1.54, 1.807) is 0 Å². The molecule has 0 aromatic rings. The fourth-order valence-electron chi connectivity index (χ4n) is 1.87. The summed E-state index contributed by atoms with van der Waals surface area (Å²) in [4.78, 5) is 2.55. The molecule has 1 N–H and O–H groups in total. The van der Waals surface area contributed by atoms with E-state index in [0.717, 1.165) is 0 Å². The predicted molar refractivity (Wildman–Crippen MR) is 53.4 cm³/mol. The van der Waals surface area contributed by atoms with Crippen LogP contribution in [-0.2, 0) is 0 Å². The maximum Gasteiger partial charge on any atom is 0.0169 e. The van der Waals surface area contributed by atoms with E-state index >= 15 is 0 Å². The van der Waals surface area contributed by atoms with E-state index in [0.29, 0.717) is 17.6 Å². The highest BCUT2D eigenvalue weighted by atomic mass is 15.3. The van der Waals surface area contributed by atoms with Gasteiger partial charge in [-0.1, -0.05) is 0 Å². The topological polar surface area (TPSA) is 15.3 Å². The van der Waals surface area contributed by atoms with E-state index in [1.807, 2.05) is 0 Å². The van der Waals surface area contributed by atoms with E-state index < -0.39 is 0 Å². The minimum atomic E-state index is 0.324. The van der Waals surface area contributed by atoms with Gasteiger partial charge < -0.3 is 5.32 Å². The van der Waals surface area contributed by atoms with Gasteiger partial charge in [-0.05, 0) is 34.6 Å². The number of hydrogen-bond acceptors (Lipinski definition) is 2. The van der Waals surface area contributed by atoms with Crippen LogP contribution < -0.4 is 5.32 Å². The fourth-order valence-corrected chi connectivity index (χ4v) is 1.87. The lowest BCUT2D eigenvalue weighted by molar-refractivity contribution is 0.0795. The zero-order valence-electron chi connectivity index (χ0n) is 9.02.